The minimum atomic E-state index is -0.330. The van der Waals surface area contributed by atoms with Crippen molar-refractivity contribution >= 4 is 29.1 Å². The maximum atomic E-state index is 13.8. The summed E-state index contributed by atoms with van der Waals surface area (Å²) < 4.78 is 16.1. The van der Waals surface area contributed by atoms with Crippen LogP contribution in [0.25, 0.3) is 0 Å². The van der Waals surface area contributed by atoms with Gasteiger partial charge in [-0.25, -0.2) is 5.01 Å². The first-order valence-electron chi connectivity index (χ1n) is 12.9. The number of hydrazone groups is 1. The number of furan rings is 1. The molecule has 0 spiro atoms. The maximum Gasteiger partial charge on any atom is 0.290 e. The molecule has 3 heterocycles. The highest BCUT2D eigenvalue weighted by atomic mass is 35.5. The van der Waals surface area contributed by atoms with E-state index in [-0.39, 0.29) is 30.2 Å². The van der Waals surface area contributed by atoms with Crippen LogP contribution in [0.5, 0.6) is 5.75 Å². The maximum absolute atomic E-state index is 13.8. The van der Waals surface area contributed by atoms with Crippen molar-refractivity contribution in [2.45, 2.75) is 12.5 Å². The Labute approximate surface area is 232 Å². The molecule has 204 valence electrons. The minimum Gasteiger partial charge on any atom is -0.497 e. The third-order valence-electron chi connectivity index (χ3n) is 6.98. The molecule has 2 amide bonds. The molecule has 10 heteroatoms. The second kappa shape index (κ2) is 12.5. The molecule has 39 heavy (non-hydrogen) atoms. The Morgan fingerprint density at radius 1 is 1.08 bits per heavy atom. The van der Waals surface area contributed by atoms with Gasteiger partial charge >= 0.3 is 0 Å². The fraction of sp³-hybridized carbons (Fsp3) is 0.345. The van der Waals surface area contributed by atoms with Gasteiger partial charge in [0.15, 0.2) is 5.76 Å². The van der Waals surface area contributed by atoms with Crippen LogP contribution in [0.1, 0.15) is 34.1 Å². The number of hydrogen-bond donors (Lipinski definition) is 0. The van der Waals surface area contributed by atoms with Crippen molar-refractivity contribution in [3.05, 3.63) is 88.8 Å². The van der Waals surface area contributed by atoms with E-state index in [0.717, 1.165) is 35.7 Å². The third-order valence-corrected chi connectivity index (χ3v) is 7.23. The molecule has 1 saturated heterocycles. The summed E-state index contributed by atoms with van der Waals surface area (Å²) in [6.45, 7) is 3.76. The fourth-order valence-electron chi connectivity index (χ4n) is 4.77. The molecule has 0 bridgehead atoms. The molecule has 2 aliphatic rings. The molecule has 1 fully saturated rings. The standard InChI is InChI=1S/C29H31ClN4O5/c1-37-24-10-6-21(7-11-24)25-19-26(22-4-8-23(30)9-5-22)34(31-25)28(35)20-33(29(36)27-3-2-16-39-27)13-12-32-14-17-38-18-15-32/h2-11,16,26H,12-15,17-20H2,1H3. The highest BCUT2D eigenvalue weighted by molar-refractivity contribution is 6.30. The molecule has 1 atom stereocenters. The average Bonchev–Trinajstić information content (AvgIpc) is 3.67. The molecule has 9 nitrogen and oxygen atoms in total. The van der Waals surface area contributed by atoms with E-state index in [4.69, 9.17) is 30.6 Å². The highest BCUT2D eigenvalue weighted by Crippen LogP contribution is 2.34. The first-order valence-corrected chi connectivity index (χ1v) is 13.3. The summed E-state index contributed by atoms with van der Waals surface area (Å²) in [6.07, 6.45) is 1.98. The molecule has 3 aromatic rings. The minimum absolute atomic E-state index is 0.132. The topological polar surface area (TPSA) is 87.8 Å². The molecule has 0 saturated carbocycles. The van der Waals surface area contributed by atoms with Crippen molar-refractivity contribution < 1.29 is 23.5 Å². The number of methoxy groups -OCH3 is 1. The van der Waals surface area contributed by atoms with Gasteiger partial charge in [-0.05, 0) is 59.7 Å². The predicted molar refractivity (Wildman–Crippen MR) is 147 cm³/mol. The number of benzene rings is 2. The first-order chi connectivity index (χ1) is 19.0. The Morgan fingerprint density at radius 3 is 2.49 bits per heavy atom. The van der Waals surface area contributed by atoms with Crippen molar-refractivity contribution in [2.75, 3.05) is 53.0 Å². The SMILES string of the molecule is COc1ccc(C2=NN(C(=O)CN(CCN3CCOCC3)C(=O)c3ccco3)C(c3ccc(Cl)cc3)C2)cc1. The van der Waals surface area contributed by atoms with Crippen LogP contribution in [0, 0.1) is 0 Å². The smallest absolute Gasteiger partial charge is 0.290 e. The third kappa shape index (κ3) is 6.50. The lowest BCUT2D eigenvalue weighted by atomic mass is 9.98. The molecule has 2 aromatic carbocycles. The average molecular weight is 551 g/mol. The Bertz CT molecular complexity index is 1290. The van der Waals surface area contributed by atoms with E-state index >= 15 is 0 Å². The van der Waals surface area contributed by atoms with Crippen molar-refractivity contribution in [1.82, 2.24) is 14.8 Å². The normalized spacial score (nSPS) is 17.6. The quantitative estimate of drug-likeness (QED) is 0.399. The van der Waals surface area contributed by atoms with E-state index in [1.54, 1.807) is 31.4 Å². The van der Waals surface area contributed by atoms with Gasteiger partial charge in [0.25, 0.3) is 11.8 Å². The van der Waals surface area contributed by atoms with Crippen molar-refractivity contribution in [3.63, 3.8) is 0 Å². The molecular formula is C29H31ClN4O5. The Balaban J connectivity index is 1.39. The van der Waals surface area contributed by atoms with Gasteiger partial charge in [0.05, 0.1) is 38.3 Å². The van der Waals surface area contributed by atoms with Gasteiger partial charge in [0.2, 0.25) is 0 Å². The van der Waals surface area contributed by atoms with Crippen molar-refractivity contribution in [3.8, 4) is 5.75 Å². The summed E-state index contributed by atoms with van der Waals surface area (Å²) in [4.78, 5) is 30.9. The van der Waals surface area contributed by atoms with Gasteiger partial charge in [-0.15, -0.1) is 0 Å². The van der Waals surface area contributed by atoms with E-state index < -0.39 is 0 Å². The van der Waals surface area contributed by atoms with Crippen LogP contribution in [0.3, 0.4) is 0 Å². The number of amides is 2. The molecule has 1 unspecified atom stereocenters. The zero-order valence-electron chi connectivity index (χ0n) is 21.8. The van der Waals surface area contributed by atoms with E-state index in [9.17, 15) is 9.59 Å². The summed E-state index contributed by atoms with van der Waals surface area (Å²) in [5.41, 5.74) is 2.60. The fourth-order valence-corrected chi connectivity index (χ4v) is 4.90. The largest absolute Gasteiger partial charge is 0.497 e. The lowest BCUT2D eigenvalue weighted by molar-refractivity contribution is -0.133. The van der Waals surface area contributed by atoms with Crippen LogP contribution in [0.15, 0.2) is 76.4 Å². The molecule has 0 aliphatic carbocycles. The zero-order valence-corrected chi connectivity index (χ0v) is 22.5. The lowest BCUT2D eigenvalue weighted by Gasteiger charge is -2.30. The number of nitrogens with zero attached hydrogens (tertiary/aromatic N) is 4. The second-order valence-corrected chi connectivity index (χ2v) is 9.88. The Hall–Kier alpha value is -3.66. The van der Waals surface area contributed by atoms with Gasteiger partial charge in [-0.3, -0.25) is 14.5 Å². The monoisotopic (exact) mass is 550 g/mol. The summed E-state index contributed by atoms with van der Waals surface area (Å²) in [5, 5.41) is 6.87. The molecule has 1 aromatic heterocycles. The molecule has 2 aliphatic heterocycles. The predicted octanol–water partition coefficient (Wildman–Crippen LogP) is 4.09. The number of carbonyl (C=O) groups excluding carboxylic acids is 2. The van der Waals surface area contributed by atoms with Crippen LogP contribution >= 0.6 is 11.6 Å². The number of morpholine rings is 1. The van der Waals surface area contributed by atoms with Crippen molar-refractivity contribution in [2.24, 2.45) is 5.10 Å². The molecule has 5 rings (SSSR count). The second-order valence-electron chi connectivity index (χ2n) is 9.44. The van der Waals surface area contributed by atoms with Crippen molar-refractivity contribution in [1.29, 1.82) is 0 Å². The number of carbonyl (C=O) groups is 2. The van der Waals surface area contributed by atoms with Gasteiger partial charge in [-0.1, -0.05) is 23.7 Å². The summed E-state index contributed by atoms with van der Waals surface area (Å²) in [5.74, 6) is 0.332. The molecular weight excluding hydrogens is 520 g/mol. The van der Waals surface area contributed by atoms with E-state index in [1.165, 1.54) is 16.2 Å². The Kier molecular flexibility index (Phi) is 8.61. The van der Waals surface area contributed by atoms with Crippen LogP contribution in [-0.2, 0) is 9.53 Å². The molecule has 0 radical (unpaired) electrons. The summed E-state index contributed by atoms with van der Waals surface area (Å²) in [6, 6.07) is 18.0. The number of ether oxygens (including phenoxy) is 2. The van der Waals surface area contributed by atoms with E-state index in [2.05, 4.69) is 4.90 Å². The molecule has 0 N–H and O–H groups in total. The number of rotatable bonds is 9. The summed E-state index contributed by atoms with van der Waals surface area (Å²) >= 11 is 6.14. The van der Waals surface area contributed by atoms with Crippen LogP contribution in [-0.4, -0.2) is 85.4 Å². The Morgan fingerprint density at radius 2 is 1.82 bits per heavy atom. The number of hydrogen-bond acceptors (Lipinski definition) is 7. The van der Waals surface area contributed by atoms with Crippen LogP contribution in [0.4, 0.5) is 0 Å². The van der Waals surface area contributed by atoms with Crippen LogP contribution < -0.4 is 4.74 Å². The zero-order chi connectivity index (χ0) is 27.2. The van der Waals surface area contributed by atoms with Gasteiger partial charge in [-0.2, -0.15) is 5.10 Å². The van der Waals surface area contributed by atoms with Gasteiger partial charge < -0.3 is 18.8 Å². The number of halogens is 1. The lowest BCUT2D eigenvalue weighted by Crippen LogP contribution is -2.46. The highest BCUT2D eigenvalue weighted by Gasteiger charge is 2.35. The van der Waals surface area contributed by atoms with Gasteiger partial charge in [0, 0.05) is 37.6 Å². The van der Waals surface area contributed by atoms with E-state index in [0.29, 0.717) is 37.7 Å². The first kappa shape index (κ1) is 26.9. The van der Waals surface area contributed by atoms with E-state index in [1.807, 2.05) is 36.4 Å². The van der Waals surface area contributed by atoms with Crippen LogP contribution in [0.2, 0.25) is 5.02 Å². The summed E-state index contributed by atoms with van der Waals surface area (Å²) in [7, 11) is 1.62. The van der Waals surface area contributed by atoms with Gasteiger partial charge in [0.1, 0.15) is 12.3 Å².